The molecular formula is C14H23N3O4S. The minimum atomic E-state index is -3.91. The number of hydrogen-bond acceptors (Lipinski definition) is 4. The average molecular weight is 329 g/mol. The molecule has 1 fully saturated rings. The molecule has 0 aliphatic carbocycles. The Bertz CT molecular complexity index is 792. The Balaban J connectivity index is 2.70. The first-order chi connectivity index (χ1) is 10.2. The highest BCUT2D eigenvalue weighted by molar-refractivity contribution is 7.89. The first-order valence-corrected chi connectivity index (χ1v) is 8.96. The lowest BCUT2D eigenvalue weighted by Crippen LogP contribution is -2.48. The van der Waals surface area contributed by atoms with Crippen molar-refractivity contribution >= 4 is 10.0 Å². The highest BCUT2D eigenvalue weighted by atomic mass is 32.2. The third kappa shape index (κ3) is 2.54. The number of rotatable bonds is 3. The van der Waals surface area contributed by atoms with E-state index in [2.05, 4.69) is 0 Å². The first-order valence-electron chi connectivity index (χ1n) is 7.52. The van der Waals surface area contributed by atoms with Gasteiger partial charge in [0.05, 0.1) is 0 Å². The molecule has 1 saturated heterocycles. The second-order valence-corrected chi connectivity index (χ2v) is 7.62. The van der Waals surface area contributed by atoms with Crippen LogP contribution >= 0.6 is 0 Å². The topological polar surface area (TPSA) is 81.4 Å². The Morgan fingerprint density at radius 2 is 1.77 bits per heavy atom. The zero-order valence-electron chi connectivity index (χ0n) is 13.5. The van der Waals surface area contributed by atoms with Crippen molar-refractivity contribution in [3.05, 3.63) is 26.5 Å². The number of nitrogens with zero attached hydrogens (tertiary/aromatic N) is 3. The Labute approximate surface area is 130 Å². The number of sulfonamides is 1. The van der Waals surface area contributed by atoms with Gasteiger partial charge in [-0.05, 0) is 26.2 Å². The van der Waals surface area contributed by atoms with Gasteiger partial charge in [0, 0.05) is 32.4 Å². The molecule has 1 aromatic rings. The second kappa shape index (κ2) is 6.00. The summed E-state index contributed by atoms with van der Waals surface area (Å²) in [6.45, 7) is 3.87. The average Bonchev–Trinajstić information content (AvgIpc) is 2.50. The van der Waals surface area contributed by atoms with Crippen molar-refractivity contribution in [2.45, 2.75) is 50.5 Å². The molecule has 2 rings (SSSR count). The molecule has 1 atom stereocenters. The standard InChI is InChI=1S/C14H23N3O4S/c1-5-11-8-6-7-9-17(11)22(20,21)12-10(2)15(3)14(19)16(4)13(12)18/h11H,5-9H2,1-4H3/t11-/m1/s1. The molecule has 1 aliphatic rings. The normalized spacial score (nSPS) is 20.3. The van der Waals surface area contributed by atoms with E-state index in [1.54, 1.807) is 0 Å². The van der Waals surface area contributed by atoms with Gasteiger partial charge in [-0.15, -0.1) is 0 Å². The molecule has 8 heteroatoms. The summed E-state index contributed by atoms with van der Waals surface area (Å²) in [4.78, 5) is 24.0. The number of piperidine rings is 1. The van der Waals surface area contributed by atoms with E-state index in [0.29, 0.717) is 13.0 Å². The van der Waals surface area contributed by atoms with Crippen LogP contribution in [0.4, 0.5) is 0 Å². The smallest absolute Gasteiger partial charge is 0.300 e. The highest BCUT2D eigenvalue weighted by Crippen LogP contribution is 2.26. The quantitative estimate of drug-likeness (QED) is 0.801. The van der Waals surface area contributed by atoms with Gasteiger partial charge in [-0.2, -0.15) is 4.31 Å². The third-order valence-electron chi connectivity index (χ3n) is 4.52. The molecule has 0 aromatic carbocycles. The van der Waals surface area contributed by atoms with Gasteiger partial charge in [0.25, 0.3) is 15.6 Å². The van der Waals surface area contributed by atoms with Gasteiger partial charge in [-0.3, -0.25) is 13.9 Å². The lowest BCUT2D eigenvalue weighted by atomic mass is 10.0. The molecule has 0 unspecified atom stereocenters. The van der Waals surface area contributed by atoms with Crippen molar-refractivity contribution in [3.8, 4) is 0 Å². The van der Waals surface area contributed by atoms with Gasteiger partial charge in [-0.25, -0.2) is 13.2 Å². The predicted molar refractivity (Wildman–Crippen MR) is 83.5 cm³/mol. The van der Waals surface area contributed by atoms with E-state index in [1.165, 1.54) is 29.9 Å². The molecule has 0 bridgehead atoms. The van der Waals surface area contributed by atoms with Crippen LogP contribution in [0.3, 0.4) is 0 Å². The van der Waals surface area contributed by atoms with Gasteiger partial charge >= 0.3 is 5.69 Å². The van der Waals surface area contributed by atoms with E-state index in [4.69, 9.17) is 0 Å². The van der Waals surface area contributed by atoms with E-state index >= 15 is 0 Å². The van der Waals surface area contributed by atoms with Crippen molar-refractivity contribution < 1.29 is 8.42 Å². The highest BCUT2D eigenvalue weighted by Gasteiger charge is 2.36. The first kappa shape index (κ1) is 17.0. The maximum absolute atomic E-state index is 13.0. The largest absolute Gasteiger partial charge is 0.330 e. The fraction of sp³-hybridized carbons (Fsp3) is 0.714. The van der Waals surface area contributed by atoms with Crippen LogP contribution in [-0.2, 0) is 24.1 Å². The van der Waals surface area contributed by atoms with E-state index < -0.39 is 21.3 Å². The summed E-state index contributed by atoms with van der Waals surface area (Å²) < 4.78 is 29.5. The summed E-state index contributed by atoms with van der Waals surface area (Å²) in [7, 11) is -1.13. The SMILES string of the molecule is CC[C@@H]1CCCCN1S(=O)(=O)c1c(C)n(C)c(=O)n(C)c1=O. The lowest BCUT2D eigenvalue weighted by Gasteiger charge is -2.34. The maximum Gasteiger partial charge on any atom is 0.330 e. The van der Waals surface area contributed by atoms with E-state index in [9.17, 15) is 18.0 Å². The molecule has 0 spiro atoms. The Hall–Kier alpha value is -1.41. The third-order valence-corrected chi connectivity index (χ3v) is 6.60. The maximum atomic E-state index is 13.0. The molecule has 124 valence electrons. The van der Waals surface area contributed by atoms with Crippen molar-refractivity contribution in [3.63, 3.8) is 0 Å². The fourth-order valence-electron chi connectivity index (χ4n) is 3.03. The molecule has 2 heterocycles. The zero-order chi connectivity index (χ0) is 16.7. The summed E-state index contributed by atoms with van der Waals surface area (Å²) in [5.41, 5.74) is -1.08. The minimum Gasteiger partial charge on any atom is -0.300 e. The molecule has 0 radical (unpaired) electrons. The summed E-state index contributed by atoms with van der Waals surface area (Å²) in [5, 5.41) is 0. The minimum absolute atomic E-state index is 0.0832. The Morgan fingerprint density at radius 1 is 1.14 bits per heavy atom. The van der Waals surface area contributed by atoms with Crippen molar-refractivity contribution in [1.29, 1.82) is 0 Å². The van der Waals surface area contributed by atoms with Crippen LogP contribution in [0.25, 0.3) is 0 Å². The monoisotopic (exact) mass is 329 g/mol. The van der Waals surface area contributed by atoms with Gasteiger partial charge in [-0.1, -0.05) is 13.3 Å². The van der Waals surface area contributed by atoms with Crippen LogP contribution in [0.1, 0.15) is 38.3 Å². The lowest BCUT2D eigenvalue weighted by molar-refractivity contribution is 0.246. The number of hydrogen-bond donors (Lipinski definition) is 0. The van der Waals surface area contributed by atoms with Crippen molar-refractivity contribution in [2.75, 3.05) is 6.54 Å². The summed E-state index contributed by atoms with van der Waals surface area (Å²) in [6.07, 6.45) is 3.31. The summed E-state index contributed by atoms with van der Waals surface area (Å²) in [6, 6.07) is -0.0832. The van der Waals surface area contributed by atoms with E-state index in [1.807, 2.05) is 6.92 Å². The second-order valence-electron chi connectivity index (χ2n) is 5.79. The van der Waals surface area contributed by atoms with E-state index in [-0.39, 0.29) is 16.6 Å². The van der Waals surface area contributed by atoms with Crippen LogP contribution in [0, 0.1) is 6.92 Å². The zero-order valence-corrected chi connectivity index (χ0v) is 14.3. The van der Waals surface area contributed by atoms with Crippen LogP contribution in [0.2, 0.25) is 0 Å². The molecule has 22 heavy (non-hydrogen) atoms. The van der Waals surface area contributed by atoms with Gasteiger partial charge in [0.2, 0.25) is 0 Å². The van der Waals surface area contributed by atoms with Gasteiger partial charge in [0.1, 0.15) is 0 Å². The fourth-order valence-corrected chi connectivity index (χ4v) is 5.15. The van der Waals surface area contributed by atoms with Crippen LogP contribution in [0.15, 0.2) is 14.5 Å². The molecule has 1 aromatic heterocycles. The van der Waals surface area contributed by atoms with Crippen molar-refractivity contribution in [2.24, 2.45) is 14.1 Å². The van der Waals surface area contributed by atoms with Crippen LogP contribution in [0.5, 0.6) is 0 Å². The molecule has 7 nitrogen and oxygen atoms in total. The van der Waals surface area contributed by atoms with Crippen molar-refractivity contribution in [1.82, 2.24) is 13.4 Å². The molecule has 1 aliphatic heterocycles. The van der Waals surface area contributed by atoms with Crippen LogP contribution < -0.4 is 11.2 Å². The Morgan fingerprint density at radius 3 is 2.36 bits per heavy atom. The molecular weight excluding hydrogens is 306 g/mol. The van der Waals surface area contributed by atoms with Gasteiger partial charge in [0.15, 0.2) is 4.90 Å². The molecule has 0 saturated carbocycles. The molecule has 0 N–H and O–H groups in total. The predicted octanol–water partition coefficient (Wildman–Crippen LogP) is 0.346. The molecule has 0 amide bonds. The summed E-state index contributed by atoms with van der Waals surface area (Å²) >= 11 is 0. The van der Waals surface area contributed by atoms with Gasteiger partial charge < -0.3 is 0 Å². The number of aromatic nitrogens is 2. The summed E-state index contributed by atoms with van der Waals surface area (Å²) in [5.74, 6) is 0. The Kier molecular flexibility index (Phi) is 4.62. The van der Waals surface area contributed by atoms with Crippen LogP contribution in [-0.4, -0.2) is 34.4 Å². The van der Waals surface area contributed by atoms with E-state index in [0.717, 1.165) is 23.8 Å².